The van der Waals surface area contributed by atoms with Crippen LogP contribution in [0.2, 0.25) is 0 Å². The molecule has 1 aliphatic heterocycles. The molecule has 0 bridgehead atoms. The second kappa shape index (κ2) is 7.81. The summed E-state index contributed by atoms with van der Waals surface area (Å²) < 4.78 is 5.13. The van der Waals surface area contributed by atoms with Crippen molar-refractivity contribution in [3.63, 3.8) is 0 Å². The van der Waals surface area contributed by atoms with Gasteiger partial charge in [-0.3, -0.25) is 4.79 Å². The van der Waals surface area contributed by atoms with Crippen molar-refractivity contribution in [1.82, 2.24) is 10.2 Å². The SMILES string of the molecule is O=C(N[C@H]1C(=O)N(Cc2ccccc2)[C@H]1CO)OCc1ccccc1. The lowest BCUT2D eigenvalue weighted by Crippen LogP contribution is -2.71. The van der Waals surface area contributed by atoms with Gasteiger partial charge in [0.15, 0.2) is 0 Å². The molecule has 2 aromatic carbocycles. The monoisotopic (exact) mass is 340 g/mol. The van der Waals surface area contributed by atoms with E-state index in [1.54, 1.807) is 4.90 Å². The van der Waals surface area contributed by atoms with Crippen molar-refractivity contribution in [3.05, 3.63) is 71.8 Å². The molecule has 0 unspecified atom stereocenters. The number of aliphatic hydroxyl groups excluding tert-OH is 1. The molecule has 0 aromatic heterocycles. The van der Waals surface area contributed by atoms with Gasteiger partial charge in [0.25, 0.3) is 0 Å². The Balaban J connectivity index is 1.52. The molecular formula is C19H20N2O4. The number of amides is 2. The van der Waals surface area contributed by atoms with Crippen molar-refractivity contribution < 1.29 is 19.4 Å². The Morgan fingerprint density at radius 1 is 1.04 bits per heavy atom. The number of nitrogens with one attached hydrogen (secondary N) is 1. The Morgan fingerprint density at radius 2 is 1.64 bits per heavy atom. The number of benzene rings is 2. The van der Waals surface area contributed by atoms with Crippen LogP contribution in [-0.4, -0.2) is 40.7 Å². The fraction of sp³-hybridized carbons (Fsp3) is 0.263. The van der Waals surface area contributed by atoms with Crippen LogP contribution in [-0.2, 0) is 22.7 Å². The zero-order chi connectivity index (χ0) is 17.6. The normalized spacial score (nSPS) is 19.2. The molecular weight excluding hydrogens is 320 g/mol. The highest BCUT2D eigenvalue weighted by Gasteiger charge is 2.47. The van der Waals surface area contributed by atoms with Gasteiger partial charge in [-0.15, -0.1) is 0 Å². The molecule has 25 heavy (non-hydrogen) atoms. The minimum Gasteiger partial charge on any atom is -0.445 e. The zero-order valence-electron chi connectivity index (χ0n) is 13.7. The van der Waals surface area contributed by atoms with Gasteiger partial charge in [0.05, 0.1) is 12.6 Å². The summed E-state index contributed by atoms with van der Waals surface area (Å²) in [5.41, 5.74) is 1.83. The molecule has 2 amide bonds. The van der Waals surface area contributed by atoms with Crippen LogP contribution in [0.5, 0.6) is 0 Å². The second-order valence-electron chi connectivity index (χ2n) is 5.89. The quantitative estimate of drug-likeness (QED) is 0.785. The van der Waals surface area contributed by atoms with E-state index < -0.39 is 18.2 Å². The molecule has 130 valence electrons. The Hall–Kier alpha value is -2.86. The van der Waals surface area contributed by atoms with Crippen molar-refractivity contribution in [3.8, 4) is 0 Å². The molecule has 3 rings (SSSR count). The molecule has 1 aliphatic rings. The van der Waals surface area contributed by atoms with Crippen molar-refractivity contribution in [2.75, 3.05) is 6.61 Å². The van der Waals surface area contributed by atoms with E-state index in [9.17, 15) is 14.7 Å². The van der Waals surface area contributed by atoms with Crippen LogP contribution in [0.4, 0.5) is 4.79 Å². The summed E-state index contributed by atoms with van der Waals surface area (Å²) in [5, 5.41) is 12.1. The van der Waals surface area contributed by atoms with Crippen LogP contribution in [0, 0.1) is 0 Å². The zero-order valence-corrected chi connectivity index (χ0v) is 13.7. The highest BCUT2D eigenvalue weighted by atomic mass is 16.5. The van der Waals surface area contributed by atoms with Crippen LogP contribution in [0.25, 0.3) is 0 Å². The van der Waals surface area contributed by atoms with Crippen molar-refractivity contribution >= 4 is 12.0 Å². The van der Waals surface area contributed by atoms with Crippen LogP contribution < -0.4 is 5.32 Å². The maximum atomic E-state index is 12.3. The smallest absolute Gasteiger partial charge is 0.408 e. The molecule has 2 N–H and O–H groups in total. The number of hydrogen-bond donors (Lipinski definition) is 2. The molecule has 0 aliphatic carbocycles. The fourth-order valence-corrected chi connectivity index (χ4v) is 2.83. The van der Waals surface area contributed by atoms with Gasteiger partial charge in [-0.1, -0.05) is 60.7 Å². The number of likely N-dealkylation sites (tertiary alicyclic amines) is 1. The number of ether oxygens (including phenoxy) is 1. The third kappa shape index (κ3) is 3.97. The summed E-state index contributed by atoms with van der Waals surface area (Å²) >= 11 is 0. The van der Waals surface area contributed by atoms with Crippen molar-refractivity contribution in [2.45, 2.75) is 25.2 Å². The number of rotatable bonds is 6. The number of carbonyl (C=O) groups is 2. The molecule has 6 heteroatoms. The van der Waals surface area contributed by atoms with Gasteiger partial charge in [0.1, 0.15) is 12.6 Å². The number of nitrogens with zero attached hydrogens (tertiary/aromatic N) is 1. The number of β-lactam (4-membered cyclic amide) rings is 1. The largest absolute Gasteiger partial charge is 0.445 e. The van der Waals surface area contributed by atoms with E-state index in [1.165, 1.54) is 0 Å². The summed E-state index contributed by atoms with van der Waals surface area (Å²) in [5.74, 6) is -0.223. The summed E-state index contributed by atoms with van der Waals surface area (Å²) in [6, 6.07) is 17.6. The summed E-state index contributed by atoms with van der Waals surface area (Å²) in [4.78, 5) is 25.7. The predicted octanol–water partition coefficient (Wildman–Crippen LogP) is 1.68. The molecule has 0 radical (unpaired) electrons. The highest BCUT2D eigenvalue weighted by molar-refractivity contribution is 5.92. The Kier molecular flexibility index (Phi) is 5.30. The Labute approximate surface area is 146 Å². The fourth-order valence-electron chi connectivity index (χ4n) is 2.83. The third-order valence-electron chi connectivity index (χ3n) is 4.20. The van der Waals surface area contributed by atoms with Gasteiger partial charge < -0.3 is 20.1 Å². The molecule has 0 saturated carbocycles. The number of alkyl carbamates (subject to hydrolysis) is 1. The third-order valence-corrected chi connectivity index (χ3v) is 4.20. The van der Waals surface area contributed by atoms with E-state index >= 15 is 0 Å². The van der Waals surface area contributed by atoms with Gasteiger partial charge in [-0.2, -0.15) is 0 Å². The molecule has 1 fully saturated rings. The first kappa shape index (κ1) is 17.0. The lowest BCUT2D eigenvalue weighted by molar-refractivity contribution is -0.154. The second-order valence-corrected chi connectivity index (χ2v) is 5.89. The standard InChI is InChI=1S/C19H20N2O4/c22-12-16-17(18(23)21(16)11-14-7-3-1-4-8-14)20-19(24)25-13-15-9-5-2-6-10-15/h1-10,16-17,22H,11-13H2,(H,20,24)/t16-,17+/m0/s1. The summed E-state index contributed by atoms with van der Waals surface area (Å²) in [6.07, 6.45) is -0.667. The maximum absolute atomic E-state index is 12.3. The lowest BCUT2D eigenvalue weighted by atomic mass is 9.95. The average Bonchev–Trinajstić information content (AvgIpc) is 2.66. The first-order valence-corrected chi connectivity index (χ1v) is 8.11. The highest BCUT2D eigenvalue weighted by Crippen LogP contribution is 2.23. The van der Waals surface area contributed by atoms with E-state index in [0.29, 0.717) is 6.54 Å². The topological polar surface area (TPSA) is 78.9 Å². The Morgan fingerprint density at radius 3 is 2.24 bits per heavy atom. The predicted molar refractivity (Wildman–Crippen MR) is 91.4 cm³/mol. The molecule has 6 nitrogen and oxygen atoms in total. The van der Waals surface area contributed by atoms with Gasteiger partial charge in [-0.25, -0.2) is 4.79 Å². The van der Waals surface area contributed by atoms with E-state index in [1.807, 2.05) is 60.7 Å². The minimum atomic E-state index is -0.753. The van der Waals surface area contributed by atoms with E-state index in [4.69, 9.17) is 4.74 Å². The van der Waals surface area contributed by atoms with E-state index in [2.05, 4.69) is 5.32 Å². The molecule has 0 spiro atoms. The summed E-state index contributed by atoms with van der Waals surface area (Å²) in [6.45, 7) is 0.315. The maximum Gasteiger partial charge on any atom is 0.408 e. The van der Waals surface area contributed by atoms with Crippen molar-refractivity contribution in [2.24, 2.45) is 0 Å². The minimum absolute atomic E-state index is 0.130. The van der Waals surface area contributed by atoms with E-state index in [-0.39, 0.29) is 19.1 Å². The van der Waals surface area contributed by atoms with Crippen molar-refractivity contribution in [1.29, 1.82) is 0 Å². The first-order chi connectivity index (χ1) is 12.2. The van der Waals surface area contributed by atoms with Crippen LogP contribution >= 0.6 is 0 Å². The van der Waals surface area contributed by atoms with Crippen LogP contribution in [0.15, 0.2) is 60.7 Å². The van der Waals surface area contributed by atoms with Gasteiger partial charge in [-0.05, 0) is 11.1 Å². The summed E-state index contributed by atoms with van der Waals surface area (Å²) in [7, 11) is 0. The molecule has 2 atom stereocenters. The Bertz CT molecular complexity index is 721. The van der Waals surface area contributed by atoms with E-state index in [0.717, 1.165) is 11.1 Å². The average molecular weight is 340 g/mol. The van der Waals surface area contributed by atoms with Crippen LogP contribution in [0.3, 0.4) is 0 Å². The number of aliphatic hydroxyl groups is 1. The number of carbonyl (C=O) groups excluding carboxylic acids is 2. The van der Waals surface area contributed by atoms with Gasteiger partial charge >= 0.3 is 6.09 Å². The first-order valence-electron chi connectivity index (χ1n) is 8.11. The molecule has 1 saturated heterocycles. The molecule has 1 heterocycles. The molecule has 2 aromatic rings. The van der Waals surface area contributed by atoms with Gasteiger partial charge in [0.2, 0.25) is 5.91 Å². The number of hydrogen-bond acceptors (Lipinski definition) is 4. The van der Waals surface area contributed by atoms with Gasteiger partial charge in [0, 0.05) is 6.54 Å². The van der Waals surface area contributed by atoms with Crippen LogP contribution in [0.1, 0.15) is 11.1 Å². The lowest BCUT2D eigenvalue weighted by Gasteiger charge is -2.46.